The largest absolute Gasteiger partial charge is 0.480 e. The van der Waals surface area contributed by atoms with Crippen LogP contribution in [-0.2, 0) is 11.3 Å². The molecule has 2 amide bonds. The van der Waals surface area contributed by atoms with Gasteiger partial charge in [-0.15, -0.1) is 0 Å². The van der Waals surface area contributed by atoms with E-state index in [0.29, 0.717) is 17.5 Å². The second-order valence-corrected chi connectivity index (χ2v) is 5.60. The second kappa shape index (κ2) is 5.94. The Morgan fingerprint density at radius 2 is 2.05 bits per heavy atom. The van der Waals surface area contributed by atoms with Crippen LogP contribution in [0.1, 0.15) is 20.3 Å². The molecule has 7 nitrogen and oxygen atoms in total. The van der Waals surface area contributed by atoms with Gasteiger partial charge in [0.1, 0.15) is 6.54 Å². The summed E-state index contributed by atoms with van der Waals surface area (Å²) in [7, 11) is 0. The number of piperidine rings is 1. The average molecular weight is 280 g/mol. The van der Waals surface area contributed by atoms with E-state index in [4.69, 9.17) is 5.11 Å². The first-order chi connectivity index (χ1) is 9.44. The number of aromatic nitrogens is 2. The first-order valence-corrected chi connectivity index (χ1v) is 6.74. The van der Waals surface area contributed by atoms with Crippen molar-refractivity contribution in [2.45, 2.75) is 26.8 Å². The predicted molar refractivity (Wildman–Crippen MR) is 73.4 cm³/mol. The molecule has 0 bridgehead atoms. The molecule has 2 heterocycles. The summed E-state index contributed by atoms with van der Waals surface area (Å²) < 4.78 is 1.28. The number of anilines is 1. The van der Waals surface area contributed by atoms with Crippen LogP contribution >= 0.6 is 0 Å². The Kier molecular flexibility index (Phi) is 4.26. The van der Waals surface area contributed by atoms with E-state index in [0.717, 1.165) is 19.5 Å². The van der Waals surface area contributed by atoms with E-state index in [2.05, 4.69) is 24.3 Å². The van der Waals surface area contributed by atoms with E-state index in [-0.39, 0.29) is 12.6 Å². The molecule has 0 spiro atoms. The monoisotopic (exact) mass is 280 g/mol. The van der Waals surface area contributed by atoms with Crippen LogP contribution in [0.2, 0.25) is 0 Å². The Hall–Kier alpha value is -2.05. The fourth-order valence-corrected chi connectivity index (χ4v) is 2.68. The number of carboxylic acids is 1. The van der Waals surface area contributed by atoms with Crippen molar-refractivity contribution >= 4 is 17.7 Å². The number of aliphatic carboxylic acids is 1. The van der Waals surface area contributed by atoms with Crippen LogP contribution in [0.15, 0.2) is 12.4 Å². The van der Waals surface area contributed by atoms with Gasteiger partial charge in [0, 0.05) is 19.3 Å². The molecule has 0 saturated carbocycles. The average Bonchev–Trinajstić information content (AvgIpc) is 2.74. The summed E-state index contributed by atoms with van der Waals surface area (Å²) in [5.74, 6) is 0.0307. The third-order valence-corrected chi connectivity index (χ3v) is 3.34. The second-order valence-electron chi connectivity index (χ2n) is 5.60. The van der Waals surface area contributed by atoms with Crippen LogP contribution in [0.4, 0.5) is 10.5 Å². The molecule has 2 atom stereocenters. The fourth-order valence-electron chi connectivity index (χ4n) is 2.68. The quantitative estimate of drug-likeness (QED) is 0.877. The molecule has 0 aromatic carbocycles. The topological polar surface area (TPSA) is 87.5 Å². The zero-order valence-electron chi connectivity index (χ0n) is 11.7. The number of carbonyl (C=O) groups excluding carboxylic acids is 1. The molecule has 2 unspecified atom stereocenters. The van der Waals surface area contributed by atoms with Gasteiger partial charge in [-0.25, -0.2) is 4.79 Å². The van der Waals surface area contributed by atoms with Crippen LogP contribution in [0.5, 0.6) is 0 Å². The van der Waals surface area contributed by atoms with Crippen molar-refractivity contribution in [3.63, 3.8) is 0 Å². The minimum absolute atomic E-state index is 0.154. The maximum absolute atomic E-state index is 12.2. The highest BCUT2D eigenvalue weighted by Crippen LogP contribution is 2.21. The van der Waals surface area contributed by atoms with Gasteiger partial charge in [0.15, 0.2) is 0 Å². The van der Waals surface area contributed by atoms with Crippen molar-refractivity contribution in [1.82, 2.24) is 14.7 Å². The van der Waals surface area contributed by atoms with Crippen molar-refractivity contribution < 1.29 is 14.7 Å². The Balaban J connectivity index is 1.93. The summed E-state index contributed by atoms with van der Waals surface area (Å²) in [5, 5.41) is 15.3. The van der Waals surface area contributed by atoms with Crippen molar-refractivity contribution in [2.24, 2.45) is 11.8 Å². The van der Waals surface area contributed by atoms with Crippen LogP contribution in [0.3, 0.4) is 0 Å². The molecule has 1 aromatic heterocycles. The number of urea groups is 1. The lowest BCUT2D eigenvalue weighted by atomic mass is 9.92. The molecule has 1 fully saturated rings. The molecule has 0 radical (unpaired) electrons. The smallest absolute Gasteiger partial charge is 0.325 e. The van der Waals surface area contributed by atoms with Crippen LogP contribution in [0.25, 0.3) is 0 Å². The Morgan fingerprint density at radius 3 is 2.65 bits per heavy atom. The molecular formula is C13H20N4O3. The van der Waals surface area contributed by atoms with E-state index >= 15 is 0 Å². The van der Waals surface area contributed by atoms with Crippen LogP contribution < -0.4 is 5.32 Å². The van der Waals surface area contributed by atoms with Crippen molar-refractivity contribution in [2.75, 3.05) is 18.4 Å². The molecular weight excluding hydrogens is 260 g/mol. The number of amides is 2. The molecule has 20 heavy (non-hydrogen) atoms. The molecule has 1 aromatic rings. The van der Waals surface area contributed by atoms with Gasteiger partial charge >= 0.3 is 12.0 Å². The molecule has 110 valence electrons. The molecule has 2 rings (SSSR count). The number of nitrogens with one attached hydrogen (secondary N) is 1. The standard InChI is InChI=1S/C13H20N4O3/c1-9-3-10(2)6-16(5-9)13(20)15-11-4-14-17(7-11)8-12(18)19/h4,7,9-10H,3,5-6,8H2,1-2H3,(H,15,20)(H,18,19). The predicted octanol–water partition coefficient (Wildman–Crippen LogP) is 1.48. The zero-order chi connectivity index (χ0) is 14.7. The maximum Gasteiger partial charge on any atom is 0.325 e. The normalized spacial score (nSPS) is 22.6. The lowest BCUT2D eigenvalue weighted by Gasteiger charge is -2.34. The number of carbonyl (C=O) groups is 2. The van der Waals surface area contributed by atoms with Gasteiger partial charge in [-0.3, -0.25) is 9.48 Å². The van der Waals surface area contributed by atoms with Gasteiger partial charge in [-0.1, -0.05) is 13.8 Å². The minimum atomic E-state index is -0.968. The highest BCUT2D eigenvalue weighted by molar-refractivity contribution is 5.89. The lowest BCUT2D eigenvalue weighted by molar-refractivity contribution is -0.137. The van der Waals surface area contributed by atoms with Gasteiger partial charge in [-0.2, -0.15) is 5.10 Å². The van der Waals surface area contributed by atoms with E-state index in [1.54, 1.807) is 4.90 Å². The maximum atomic E-state index is 12.2. The van der Waals surface area contributed by atoms with Gasteiger partial charge in [0.05, 0.1) is 11.9 Å². The number of carboxylic acid groups (broad SMARTS) is 1. The number of rotatable bonds is 3. The van der Waals surface area contributed by atoms with Crippen molar-refractivity contribution in [1.29, 1.82) is 0 Å². The SMILES string of the molecule is CC1CC(C)CN(C(=O)Nc2cnn(CC(=O)O)c2)C1. The van der Waals surface area contributed by atoms with Gasteiger partial charge in [0.25, 0.3) is 0 Å². The Morgan fingerprint density at radius 1 is 1.40 bits per heavy atom. The Labute approximate surface area is 117 Å². The van der Waals surface area contributed by atoms with Crippen LogP contribution in [-0.4, -0.2) is 44.9 Å². The summed E-state index contributed by atoms with van der Waals surface area (Å²) in [5.41, 5.74) is 0.516. The summed E-state index contributed by atoms with van der Waals surface area (Å²) in [4.78, 5) is 24.5. The highest BCUT2D eigenvalue weighted by Gasteiger charge is 2.25. The van der Waals surface area contributed by atoms with Gasteiger partial charge in [-0.05, 0) is 18.3 Å². The van der Waals surface area contributed by atoms with E-state index in [1.807, 2.05) is 0 Å². The first kappa shape index (κ1) is 14.4. The lowest BCUT2D eigenvalue weighted by Crippen LogP contribution is -2.44. The van der Waals surface area contributed by atoms with Crippen LogP contribution in [0, 0.1) is 11.8 Å². The van der Waals surface area contributed by atoms with Crippen molar-refractivity contribution in [3.8, 4) is 0 Å². The number of hydrogen-bond donors (Lipinski definition) is 2. The van der Waals surface area contributed by atoms with E-state index < -0.39 is 5.97 Å². The highest BCUT2D eigenvalue weighted by atomic mass is 16.4. The zero-order valence-corrected chi connectivity index (χ0v) is 11.7. The molecule has 2 N–H and O–H groups in total. The summed E-state index contributed by atoms with van der Waals surface area (Å²) in [6.45, 7) is 5.56. The summed E-state index contributed by atoms with van der Waals surface area (Å²) in [6, 6.07) is -0.154. The summed E-state index contributed by atoms with van der Waals surface area (Å²) >= 11 is 0. The minimum Gasteiger partial charge on any atom is -0.480 e. The van der Waals surface area contributed by atoms with Gasteiger partial charge < -0.3 is 15.3 Å². The fraction of sp³-hybridized carbons (Fsp3) is 0.615. The molecule has 0 aliphatic carbocycles. The molecule has 1 aliphatic rings. The number of nitrogens with zero attached hydrogens (tertiary/aromatic N) is 3. The van der Waals surface area contributed by atoms with E-state index in [9.17, 15) is 9.59 Å². The molecule has 1 aliphatic heterocycles. The number of likely N-dealkylation sites (tertiary alicyclic amines) is 1. The van der Waals surface area contributed by atoms with E-state index in [1.165, 1.54) is 17.1 Å². The first-order valence-electron chi connectivity index (χ1n) is 6.74. The van der Waals surface area contributed by atoms with Crippen molar-refractivity contribution in [3.05, 3.63) is 12.4 Å². The molecule has 1 saturated heterocycles. The third-order valence-electron chi connectivity index (χ3n) is 3.34. The summed E-state index contributed by atoms with van der Waals surface area (Å²) in [6.07, 6.45) is 4.11. The van der Waals surface area contributed by atoms with Gasteiger partial charge in [0.2, 0.25) is 0 Å². The number of hydrogen-bond acceptors (Lipinski definition) is 3. The molecule has 7 heteroatoms. The Bertz CT molecular complexity index is 490. The third kappa shape index (κ3) is 3.72.